The first-order valence-electron chi connectivity index (χ1n) is 7.25. The summed E-state index contributed by atoms with van der Waals surface area (Å²) in [6.45, 7) is 5.91. The zero-order valence-corrected chi connectivity index (χ0v) is 12.6. The van der Waals surface area contributed by atoms with Gasteiger partial charge in [-0.05, 0) is 38.0 Å². The quantitative estimate of drug-likeness (QED) is 0.930. The topological polar surface area (TPSA) is 49.4 Å². The van der Waals surface area contributed by atoms with Crippen LogP contribution in [0.25, 0.3) is 0 Å². The van der Waals surface area contributed by atoms with Crippen molar-refractivity contribution in [3.63, 3.8) is 0 Å². The second-order valence-electron chi connectivity index (χ2n) is 5.71. The van der Waals surface area contributed by atoms with Gasteiger partial charge in [-0.15, -0.1) is 0 Å². The maximum Gasteiger partial charge on any atom is 0.248 e. The number of halogens is 1. The van der Waals surface area contributed by atoms with Gasteiger partial charge in [-0.3, -0.25) is 9.59 Å². The molecule has 1 N–H and O–H groups in total. The Morgan fingerprint density at radius 3 is 2.52 bits per heavy atom. The summed E-state index contributed by atoms with van der Waals surface area (Å²) in [6, 6.07) is 5.93. The molecule has 0 saturated carbocycles. The van der Waals surface area contributed by atoms with E-state index in [4.69, 9.17) is 0 Å². The number of rotatable bonds is 3. The third-order valence-corrected chi connectivity index (χ3v) is 4.25. The molecule has 21 heavy (non-hydrogen) atoms. The van der Waals surface area contributed by atoms with Crippen molar-refractivity contribution >= 4 is 11.8 Å². The van der Waals surface area contributed by atoms with Gasteiger partial charge < -0.3 is 10.2 Å². The van der Waals surface area contributed by atoms with Crippen molar-refractivity contribution in [2.75, 3.05) is 6.54 Å². The van der Waals surface area contributed by atoms with E-state index in [2.05, 4.69) is 5.32 Å². The molecule has 1 aromatic carbocycles. The predicted molar refractivity (Wildman–Crippen MR) is 78.0 cm³/mol. The van der Waals surface area contributed by atoms with Crippen molar-refractivity contribution in [1.82, 2.24) is 10.2 Å². The number of nitrogens with one attached hydrogen (secondary N) is 1. The highest BCUT2D eigenvalue weighted by Crippen LogP contribution is 2.27. The summed E-state index contributed by atoms with van der Waals surface area (Å²) in [5.74, 6) is -0.502. The molecule has 1 aromatic rings. The fourth-order valence-electron chi connectivity index (χ4n) is 2.59. The van der Waals surface area contributed by atoms with E-state index in [1.807, 2.05) is 13.8 Å². The van der Waals surface area contributed by atoms with E-state index < -0.39 is 5.54 Å². The van der Waals surface area contributed by atoms with Crippen LogP contribution in [0.3, 0.4) is 0 Å². The van der Waals surface area contributed by atoms with Crippen LogP contribution in [0, 0.1) is 5.82 Å². The smallest absolute Gasteiger partial charge is 0.248 e. The number of carbonyl (C=O) groups excluding carboxylic acids is 2. The van der Waals surface area contributed by atoms with Crippen LogP contribution in [0.15, 0.2) is 24.3 Å². The number of hydrogen-bond donors (Lipinski definition) is 1. The second kappa shape index (κ2) is 5.84. The van der Waals surface area contributed by atoms with E-state index in [9.17, 15) is 14.0 Å². The zero-order chi connectivity index (χ0) is 15.6. The van der Waals surface area contributed by atoms with Crippen LogP contribution in [0.4, 0.5) is 4.39 Å². The van der Waals surface area contributed by atoms with Gasteiger partial charge in [0.1, 0.15) is 11.4 Å². The van der Waals surface area contributed by atoms with Crippen LogP contribution < -0.4 is 5.32 Å². The molecule has 0 radical (unpaired) electrons. The van der Waals surface area contributed by atoms with Crippen LogP contribution in [0.5, 0.6) is 0 Å². The Kier molecular flexibility index (Phi) is 4.30. The fraction of sp³-hybridized carbons (Fsp3) is 0.500. The highest BCUT2D eigenvalue weighted by Gasteiger charge is 2.40. The van der Waals surface area contributed by atoms with E-state index in [1.54, 1.807) is 24.0 Å². The average molecular weight is 292 g/mol. The Morgan fingerprint density at radius 2 is 1.95 bits per heavy atom. The summed E-state index contributed by atoms with van der Waals surface area (Å²) in [5, 5.41) is 2.81. The molecule has 2 amide bonds. The molecule has 114 valence electrons. The van der Waals surface area contributed by atoms with Gasteiger partial charge in [0, 0.05) is 13.0 Å². The van der Waals surface area contributed by atoms with Crippen molar-refractivity contribution in [3.05, 3.63) is 35.6 Å². The summed E-state index contributed by atoms with van der Waals surface area (Å²) >= 11 is 0. The van der Waals surface area contributed by atoms with Gasteiger partial charge in [-0.1, -0.05) is 19.1 Å². The molecule has 4 nitrogen and oxygen atoms in total. The molecule has 0 bridgehead atoms. The van der Waals surface area contributed by atoms with Gasteiger partial charge in [-0.25, -0.2) is 4.39 Å². The molecular weight excluding hydrogens is 271 g/mol. The number of benzene rings is 1. The van der Waals surface area contributed by atoms with E-state index >= 15 is 0 Å². The first kappa shape index (κ1) is 15.5. The van der Waals surface area contributed by atoms with Crippen LogP contribution >= 0.6 is 0 Å². The minimum absolute atomic E-state index is 0.0901. The summed E-state index contributed by atoms with van der Waals surface area (Å²) in [5.41, 5.74) is -0.0143. The molecular formula is C16H21FN2O2. The molecule has 1 aliphatic rings. The molecule has 2 rings (SSSR count). The predicted octanol–water partition coefficient (Wildman–Crippen LogP) is 2.40. The van der Waals surface area contributed by atoms with Crippen molar-refractivity contribution in [3.8, 4) is 0 Å². The third kappa shape index (κ3) is 3.06. The van der Waals surface area contributed by atoms with Crippen molar-refractivity contribution in [2.24, 2.45) is 0 Å². The molecule has 5 heteroatoms. The van der Waals surface area contributed by atoms with Crippen LogP contribution in [0.2, 0.25) is 0 Å². The van der Waals surface area contributed by atoms with Gasteiger partial charge in [0.2, 0.25) is 11.8 Å². The summed E-state index contributed by atoms with van der Waals surface area (Å²) < 4.78 is 13.0. The maximum absolute atomic E-state index is 13.0. The van der Waals surface area contributed by atoms with Gasteiger partial charge in [-0.2, -0.15) is 0 Å². The van der Waals surface area contributed by atoms with Crippen LogP contribution in [0.1, 0.15) is 45.2 Å². The Bertz CT molecular complexity index is 544. The molecule has 0 spiro atoms. The zero-order valence-electron chi connectivity index (χ0n) is 12.6. The largest absolute Gasteiger partial charge is 0.342 e. The average Bonchev–Trinajstić information content (AvgIpc) is 2.57. The lowest BCUT2D eigenvalue weighted by atomic mass is 9.95. The van der Waals surface area contributed by atoms with E-state index in [1.165, 1.54) is 12.1 Å². The highest BCUT2D eigenvalue weighted by molar-refractivity contribution is 5.93. The second-order valence-corrected chi connectivity index (χ2v) is 5.71. The molecule has 1 aliphatic heterocycles. The van der Waals surface area contributed by atoms with Crippen molar-refractivity contribution in [1.29, 1.82) is 0 Å². The fourth-order valence-corrected chi connectivity index (χ4v) is 2.59. The normalized spacial score (nSPS) is 24.5. The van der Waals surface area contributed by atoms with E-state index in [-0.39, 0.29) is 30.1 Å². The van der Waals surface area contributed by atoms with Gasteiger partial charge in [0.25, 0.3) is 0 Å². The Morgan fingerprint density at radius 1 is 1.33 bits per heavy atom. The van der Waals surface area contributed by atoms with Gasteiger partial charge in [0.05, 0.1) is 6.04 Å². The lowest BCUT2D eigenvalue weighted by Gasteiger charge is -2.35. The first-order valence-corrected chi connectivity index (χ1v) is 7.25. The number of carbonyl (C=O) groups is 2. The van der Waals surface area contributed by atoms with Gasteiger partial charge >= 0.3 is 0 Å². The van der Waals surface area contributed by atoms with E-state index in [0.717, 1.165) is 5.56 Å². The SMILES string of the molecule is CCC1(C)NC(=O)CCN(C(C)c2ccc(F)cc2)C1=O. The Labute approximate surface area is 124 Å². The first-order chi connectivity index (χ1) is 9.87. The third-order valence-electron chi connectivity index (χ3n) is 4.25. The molecule has 1 heterocycles. The summed E-state index contributed by atoms with van der Waals surface area (Å²) in [4.78, 5) is 26.3. The molecule has 2 atom stereocenters. The summed E-state index contributed by atoms with van der Waals surface area (Å²) in [6.07, 6.45) is 0.817. The number of amides is 2. The minimum Gasteiger partial charge on any atom is -0.342 e. The molecule has 1 saturated heterocycles. The Balaban J connectivity index is 2.30. The van der Waals surface area contributed by atoms with Crippen LogP contribution in [-0.2, 0) is 9.59 Å². The number of hydrogen-bond acceptors (Lipinski definition) is 2. The highest BCUT2D eigenvalue weighted by atomic mass is 19.1. The van der Waals surface area contributed by atoms with Crippen molar-refractivity contribution in [2.45, 2.75) is 45.2 Å². The number of nitrogens with zero attached hydrogens (tertiary/aromatic N) is 1. The lowest BCUT2D eigenvalue weighted by molar-refractivity contribution is -0.140. The molecule has 0 aromatic heterocycles. The monoisotopic (exact) mass is 292 g/mol. The maximum atomic E-state index is 13.0. The van der Waals surface area contributed by atoms with Gasteiger partial charge in [0.15, 0.2) is 0 Å². The summed E-state index contributed by atoms with van der Waals surface area (Å²) in [7, 11) is 0. The standard InChI is InChI=1S/C16H21FN2O2/c1-4-16(3)15(21)19(10-9-14(20)18-16)11(2)12-5-7-13(17)8-6-12/h5-8,11H,4,9-10H2,1-3H3,(H,18,20). The van der Waals surface area contributed by atoms with Crippen LogP contribution in [-0.4, -0.2) is 28.8 Å². The van der Waals surface area contributed by atoms with Crippen molar-refractivity contribution < 1.29 is 14.0 Å². The minimum atomic E-state index is -0.873. The Hall–Kier alpha value is -1.91. The molecule has 2 unspecified atom stereocenters. The molecule has 1 fully saturated rings. The van der Waals surface area contributed by atoms with E-state index in [0.29, 0.717) is 13.0 Å². The molecule has 0 aliphatic carbocycles. The lowest BCUT2D eigenvalue weighted by Crippen LogP contribution is -2.55.